The van der Waals surface area contributed by atoms with E-state index >= 15 is 0 Å². The fraction of sp³-hybridized carbons (Fsp3) is 0.538. The molecule has 4 heteroatoms. The molecular formula is C13H17N3O. The summed E-state index contributed by atoms with van der Waals surface area (Å²) in [5, 5.41) is 8.71. The van der Waals surface area contributed by atoms with Crippen molar-refractivity contribution in [2.45, 2.75) is 38.0 Å². The highest BCUT2D eigenvalue weighted by Crippen LogP contribution is 2.36. The number of aromatic nitrogens is 3. The third-order valence-electron chi connectivity index (χ3n) is 3.68. The Morgan fingerprint density at radius 2 is 2.12 bits per heavy atom. The Morgan fingerprint density at radius 1 is 1.29 bits per heavy atom. The smallest absolute Gasteiger partial charge is 0.242 e. The highest BCUT2D eigenvalue weighted by atomic mass is 16.5. The number of pyridine rings is 1. The summed E-state index contributed by atoms with van der Waals surface area (Å²) in [6, 6.07) is 2.03. The zero-order chi connectivity index (χ0) is 11.7. The fourth-order valence-corrected chi connectivity index (χ4v) is 2.79. The van der Waals surface area contributed by atoms with Gasteiger partial charge >= 0.3 is 0 Å². The molecule has 0 aromatic carbocycles. The van der Waals surface area contributed by atoms with Crippen molar-refractivity contribution in [3.63, 3.8) is 0 Å². The van der Waals surface area contributed by atoms with E-state index in [0.29, 0.717) is 11.8 Å². The number of methoxy groups -OCH3 is 1. The van der Waals surface area contributed by atoms with Crippen molar-refractivity contribution in [1.29, 1.82) is 0 Å². The zero-order valence-corrected chi connectivity index (χ0v) is 10.1. The summed E-state index contributed by atoms with van der Waals surface area (Å²) >= 11 is 0. The van der Waals surface area contributed by atoms with Gasteiger partial charge in [0, 0.05) is 23.2 Å². The van der Waals surface area contributed by atoms with Gasteiger partial charge in [-0.3, -0.25) is 5.10 Å². The van der Waals surface area contributed by atoms with Gasteiger partial charge in [0.25, 0.3) is 0 Å². The fourth-order valence-electron chi connectivity index (χ4n) is 2.79. The first kappa shape index (κ1) is 10.6. The van der Waals surface area contributed by atoms with Crippen LogP contribution in [0.25, 0.3) is 10.9 Å². The molecule has 0 radical (unpaired) electrons. The summed E-state index contributed by atoms with van der Waals surface area (Å²) in [4.78, 5) is 4.18. The van der Waals surface area contributed by atoms with Crippen molar-refractivity contribution in [1.82, 2.24) is 15.2 Å². The SMILES string of the molecule is COc1nccc2c(C3CCCCC3)[nH]nc12. The summed E-state index contributed by atoms with van der Waals surface area (Å²) in [5.41, 5.74) is 2.12. The standard InChI is InChI=1S/C13H17N3O/c1-17-13-12-10(7-8-14-13)11(15-16-12)9-5-3-2-4-6-9/h7-9H,2-6H2,1H3,(H,15,16). The molecule has 0 amide bonds. The lowest BCUT2D eigenvalue weighted by Gasteiger charge is -2.20. The second kappa shape index (κ2) is 4.35. The zero-order valence-electron chi connectivity index (χ0n) is 10.1. The van der Waals surface area contributed by atoms with Gasteiger partial charge < -0.3 is 4.74 Å². The number of hydrogen-bond donors (Lipinski definition) is 1. The molecule has 2 heterocycles. The van der Waals surface area contributed by atoms with E-state index in [-0.39, 0.29) is 0 Å². The van der Waals surface area contributed by atoms with Crippen LogP contribution in [-0.4, -0.2) is 22.3 Å². The van der Waals surface area contributed by atoms with Crippen LogP contribution in [0.3, 0.4) is 0 Å². The highest BCUT2D eigenvalue weighted by Gasteiger charge is 2.21. The van der Waals surface area contributed by atoms with E-state index in [1.165, 1.54) is 43.2 Å². The minimum absolute atomic E-state index is 0.612. The van der Waals surface area contributed by atoms with Crippen molar-refractivity contribution >= 4 is 10.9 Å². The van der Waals surface area contributed by atoms with Gasteiger partial charge in [0.1, 0.15) is 0 Å². The van der Waals surface area contributed by atoms with Gasteiger partial charge in [0.15, 0.2) is 5.52 Å². The van der Waals surface area contributed by atoms with E-state index < -0.39 is 0 Å². The normalized spacial score (nSPS) is 17.5. The van der Waals surface area contributed by atoms with Gasteiger partial charge in [-0.2, -0.15) is 5.10 Å². The highest BCUT2D eigenvalue weighted by molar-refractivity contribution is 5.85. The Hall–Kier alpha value is -1.58. The molecule has 0 unspecified atom stereocenters. The number of rotatable bonds is 2. The predicted octanol–water partition coefficient (Wildman–Crippen LogP) is 3.01. The summed E-state index contributed by atoms with van der Waals surface area (Å²) < 4.78 is 5.23. The Balaban J connectivity index is 2.05. The van der Waals surface area contributed by atoms with Crippen molar-refractivity contribution in [2.75, 3.05) is 7.11 Å². The number of nitrogens with zero attached hydrogens (tertiary/aromatic N) is 2. The van der Waals surface area contributed by atoms with Crippen LogP contribution >= 0.6 is 0 Å². The summed E-state index contributed by atoms with van der Waals surface area (Å²) in [6.07, 6.45) is 8.35. The largest absolute Gasteiger partial charge is 0.479 e. The first-order valence-electron chi connectivity index (χ1n) is 6.27. The maximum absolute atomic E-state index is 5.23. The Kier molecular flexibility index (Phi) is 2.71. The van der Waals surface area contributed by atoms with Crippen LogP contribution in [0.5, 0.6) is 5.88 Å². The summed E-state index contributed by atoms with van der Waals surface area (Å²) in [6.45, 7) is 0. The molecule has 2 aromatic rings. The molecule has 4 nitrogen and oxygen atoms in total. The summed E-state index contributed by atoms with van der Waals surface area (Å²) in [5.74, 6) is 1.24. The third kappa shape index (κ3) is 1.77. The quantitative estimate of drug-likeness (QED) is 0.864. The number of ether oxygens (including phenoxy) is 1. The molecule has 0 atom stereocenters. The minimum Gasteiger partial charge on any atom is -0.479 e. The monoisotopic (exact) mass is 231 g/mol. The first-order valence-corrected chi connectivity index (χ1v) is 6.27. The average molecular weight is 231 g/mol. The van der Waals surface area contributed by atoms with Gasteiger partial charge in [-0.05, 0) is 18.9 Å². The van der Waals surface area contributed by atoms with Crippen molar-refractivity contribution < 1.29 is 4.74 Å². The lowest BCUT2D eigenvalue weighted by molar-refractivity contribution is 0.402. The topological polar surface area (TPSA) is 50.8 Å². The summed E-state index contributed by atoms with van der Waals surface area (Å²) in [7, 11) is 1.64. The van der Waals surface area contributed by atoms with E-state index in [1.807, 2.05) is 6.07 Å². The van der Waals surface area contributed by atoms with Gasteiger partial charge in [-0.1, -0.05) is 19.3 Å². The first-order chi connectivity index (χ1) is 8.40. The molecule has 1 N–H and O–H groups in total. The van der Waals surface area contributed by atoms with Crippen LogP contribution in [-0.2, 0) is 0 Å². The molecule has 0 saturated heterocycles. The van der Waals surface area contributed by atoms with Gasteiger partial charge in [0.2, 0.25) is 5.88 Å². The van der Waals surface area contributed by atoms with E-state index in [4.69, 9.17) is 4.74 Å². The van der Waals surface area contributed by atoms with Gasteiger partial charge in [-0.25, -0.2) is 4.98 Å². The van der Waals surface area contributed by atoms with Crippen LogP contribution in [0.2, 0.25) is 0 Å². The number of nitrogens with one attached hydrogen (secondary N) is 1. The maximum Gasteiger partial charge on any atom is 0.242 e. The molecule has 17 heavy (non-hydrogen) atoms. The number of aromatic amines is 1. The van der Waals surface area contributed by atoms with Crippen molar-refractivity contribution in [3.05, 3.63) is 18.0 Å². The lowest BCUT2D eigenvalue weighted by Crippen LogP contribution is -2.05. The second-order valence-corrected chi connectivity index (χ2v) is 4.69. The number of fused-ring (bicyclic) bond motifs is 1. The van der Waals surface area contributed by atoms with E-state index in [2.05, 4.69) is 15.2 Å². The van der Waals surface area contributed by atoms with Gasteiger partial charge in [-0.15, -0.1) is 0 Å². The van der Waals surface area contributed by atoms with Crippen LogP contribution in [0.4, 0.5) is 0 Å². The molecule has 1 saturated carbocycles. The maximum atomic E-state index is 5.23. The lowest BCUT2D eigenvalue weighted by atomic mass is 9.86. The van der Waals surface area contributed by atoms with Crippen LogP contribution in [0, 0.1) is 0 Å². The molecule has 0 spiro atoms. The van der Waals surface area contributed by atoms with Crippen LogP contribution < -0.4 is 4.74 Å². The van der Waals surface area contributed by atoms with Crippen molar-refractivity contribution in [3.8, 4) is 5.88 Å². The Bertz CT molecular complexity index is 514. The minimum atomic E-state index is 0.612. The molecule has 90 valence electrons. The van der Waals surface area contributed by atoms with Crippen molar-refractivity contribution in [2.24, 2.45) is 0 Å². The Morgan fingerprint density at radius 3 is 2.88 bits per heavy atom. The molecule has 3 rings (SSSR count). The van der Waals surface area contributed by atoms with E-state index in [1.54, 1.807) is 13.3 Å². The molecular weight excluding hydrogens is 214 g/mol. The number of hydrogen-bond acceptors (Lipinski definition) is 3. The molecule has 1 aliphatic carbocycles. The van der Waals surface area contributed by atoms with Crippen LogP contribution in [0.1, 0.15) is 43.7 Å². The second-order valence-electron chi connectivity index (χ2n) is 4.69. The molecule has 0 aliphatic heterocycles. The molecule has 0 bridgehead atoms. The molecule has 1 aliphatic rings. The predicted molar refractivity (Wildman–Crippen MR) is 66.3 cm³/mol. The Labute approximate surface area is 100 Å². The molecule has 2 aromatic heterocycles. The van der Waals surface area contributed by atoms with Gasteiger partial charge in [0.05, 0.1) is 7.11 Å². The average Bonchev–Trinajstić information content (AvgIpc) is 2.83. The van der Waals surface area contributed by atoms with E-state index in [0.717, 1.165) is 5.52 Å². The van der Waals surface area contributed by atoms with Crippen LogP contribution in [0.15, 0.2) is 12.3 Å². The molecule has 1 fully saturated rings. The number of H-pyrrole nitrogens is 1. The van der Waals surface area contributed by atoms with E-state index in [9.17, 15) is 0 Å². The third-order valence-corrected chi connectivity index (χ3v) is 3.68.